The maximum atomic E-state index is 10.5. The molecule has 0 fully saturated rings. The number of benzene rings is 3. The zero-order chi connectivity index (χ0) is 34.7. The van der Waals surface area contributed by atoms with Crippen LogP contribution in [-0.2, 0) is 0 Å². The molecule has 0 amide bonds. The van der Waals surface area contributed by atoms with Crippen LogP contribution in [0.4, 0.5) is 0 Å². The van der Waals surface area contributed by atoms with Gasteiger partial charge in [0, 0.05) is 5.41 Å². The lowest BCUT2D eigenvalue weighted by molar-refractivity contribution is 0.00302. The van der Waals surface area contributed by atoms with Gasteiger partial charge in [0.1, 0.15) is 0 Å². The summed E-state index contributed by atoms with van der Waals surface area (Å²) < 4.78 is 0. The number of aliphatic hydroxyl groups is 3. The van der Waals surface area contributed by atoms with Crippen molar-refractivity contribution in [3.63, 3.8) is 0 Å². The molecule has 0 atom stereocenters. The number of aliphatic hydroxyl groups excluding tert-OH is 3. The molecule has 0 radical (unpaired) electrons. The van der Waals surface area contributed by atoms with E-state index in [1.807, 2.05) is 6.92 Å². The van der Waals surface area contributed by atoms with Crippen LogP contribution in [0, 0.1) is 5.41 Å². The van der Waals surface area contributed by atoms with Gasteiger partial charge in [-0.05, 0) is 42.8 Å². The van der Waals surface area contributed by atoms with Gasteiger partial charge < -0.3 is 46.0 Å². The summed E-state index contributed by atoms with van der Waals surface area (Å²) in [5, 5.41) is 77.3. The first-order valence-electron chi connectivity index (χ1n) is 12.6. The van der Waals surface area contributed by atoms with Gasteiger partial charge in [-0.25, -0.2) is 28.8 Å². The van der Waals surface area contributed by atoms with Gasteiger partial charge in [0.15, 0.2) is 0 Å². The molecule has 0 aliphatic heterocycles. The van der Waals surface area contributed by atoms with Gasteiger partial charge in [-0.3, -0.25) is 0 Å². The monoisotopic (exact) mass is 632 g/mol. The van der Waals surface area contributed by atoms with Gasteiger partial charge in [-0.2, -0.15) is 0 Å². The Morgan fingerprint density at radius 2 is 0.578 bits per heavy atom. The highest BCUT2D eigenvalue weighted by molar-refractivity contribution is 6.02. The van der Waals surface area contributed by atoms with Gasteiger partial charge in [-0.15, -0.1) is 0 Å². The Balaban J connectivity index is 0.000000578. The highest BCUT2D eigenvalue weighted by atomic mass is 16.4. The first-order chi connectivity index (χ1) is 21.1. The number of rotatable bonds is 10. The lowest BCUT2D eigenvalue weighted by Crippen LogP contribution is -2.32. The van der Waals surface area contributed by atoms with Crippen molar-refractivity contribution in [2.24, 2.45) is 5.41 Å². The number of carbonyl (C=O) groups is 6. The van der Waals surface area contributed by atoms with E-state index in [4.69, 9.17) is 46.0 Å². The number of aromatic carboxylic acids is 6. The lowest BCUT2D eigenvalue weighted by atomic mass is 9.88. The first-order valence-corrected chi connectivity index (χ1v) is 12.6. The number of hydrogen-bond donors (Lipinski definition) is 9. The number of carboxylic acids is 6. The van der Waals surface area contributed by atoms with E-state index in [1.165, 1.54) is 72.8 Å². The predicted octanol–water partition coefficient (Wildman–Crippen LogP) is 2.61. The van der Waals surface area contributed by atoms with Gasteiger partial charge in [-0.1, -0.05) is 43.3 Å². The number of hydrogen-bond acceptors (Lipinski definition) is 9. The SMILES string of the molecule is CCC(CO)(CO)CO.O=C(O)c1ccccc1C(=O)O.O=C(O)c1ccccc1C(=O)O.O=C(O)c1ccccc1C(=O)O. The van der Waals surface area contributed by atoms with E-state index < -0.39 is 41.2 Å². The topological polar surface area (TPSA) is 284 Å². The quantitative estimate of drug-likeness (QED) is 0.155. The summed E-state index contributed by atoms with van der Waals surface area (Å²) in [4.78, 5) is 62.8. The molecule has 0 bridgehead atoms. The molecule has 0 unspecified atom stereocenters. The van der Waals surface area contributed by atoms with Crippen molar-refractivity contribution >= 4 is 35.8 Å². The molecule has 3 aromatic rings. The minimum absolute atomic E-state index is 0.156. The minimum atomic E-state index is -1.23. The molecule has 0 aliphatic rings. The summed E-state index contributed by atoms with van der Waals surface area (Å²) in [6, 6.07) is 16.4. The number of carboxylic acid groups (broad SMARTS) is 6. The molecular weight excluding hydrogens is 600 g/mol. The molecule has 0 saturated carbocycles. The van der Waals surface area contributed by atoms with E-state index in [2.05, 4.69) is 0 Å². The van der Waals surface area contributed by atoms with Crippen molar-refractivity contribution in [1.82, 2.24) is 0 Å². The second-order valence-electron chi connectivity index (χ2n) is 8.80. The maximum absolute atomic E-state index is 10.5. The fraction of sp³-hybridized carbons (Fsp3) is 0.200. The van der Waals surface area contributed by atoms with E-state index in [-0.39, 0.29) is 53.2 Å². The van der Waals surface area contributed by atoms with Crippen LogP contribution in [-0.4, -0.2) is 102 Å². The lowest BCUT2D eigenvalue weighted by Gasteiger charge is -2.24. The average molecular weight is 633 g/mol. The van der Waals surface area contributed by atoms with Crippen molar-refractivity contribution in [2.75, 3.05) is 19.8 Å². The summed E-state index contributed by atoms with van der Waals surface area (Å²) in [5.41, 5.74) is -1.81. The highest BCUT2D eigenvalue weighted by Gasteiger charge is 2.25. The van der Waals surface area contributed by atoms with Gasteiger partial charge in [0.25, 0.3) is 0 Å². The molecular formula is C30H32O15. The second kappa shape index (κ2) is 19.5. The van der Waals surface area contributed by atoms with Crippen LogP contribution in [0.2, 0.25) is 0 Å². The molecule has 0 aromatic heterocycles. The second-order valence-corrected chi connectivity index (χ2v) is 8.80. The van der Waals surface area contributed by atoms with Gasteiger partial charge in [0.05, 0.1) is 53.2 Å². The molecule has 3 rings (SSSR count). The zero-order valence-electron chi connectivity index (χ0n) is 23.7. The third-order valence-electron chi connectivity index (χ3n) is 5.92. The van der Waals surface area contributed by atoms with Crippen molar-refractivity contribution in [2.45, 2.75) is 13.3 Å². The van der Waals surface area contributed by atoms with E-state index in [9.17, 15) is 28.8 Å². The van der Waals surface area contributed by atoms with Crippen molar-refractivity contribution in [3.8, 4) is 0 Å². The van der Waals surface area contributed by atoms with E-state index in [0.717, 1.165) is 0 Å². The summed E-state index contributed by atoms with van der Waals surface area (Å²) >= 11 is 0. The molecule has 45 heavy (non-hydrogen) atoms. The standard InChI is InChI=1S/3C8H6O4.C6H14O3/c3*9-7(10)5-3-1-2-4-6(5)8(11)12;1-2-6(3-7,4-8)5-9/h3*1-4H,(H,9,10)(H,11,12);7-9H,2-5H2,1H3. The van der Waals surface area contributed by atoms with Crippen LogP contribution in [0.5, 0.6) is 0 Å². The van der Waals surface area contributed by atoms with Crippen LogP contribution in [0.1, 0.15) is 75.5 Å². The van der Waals surface area contributed by atoms with Gasteiger partial charge in [0.2, 0.25) is 0 Å². The Morgan fingerprint density at radius 3 is 0.644 bits per heavy atom. The Kier molecular flexibility index (Phi) is 17.1. The Morgan fingerprint density at radius 1 is 0.422 bits per heavy atom. The van der Waals surface area contributed by atoms with Gasteiger partial charge >= 0.3 is 35.8 Å². The summed E-state index contributed by atoms with van der Waals surface area (Å²) in [6.45, 7) is 1.35. The van der Waals surface area contributed by atoms with Crippen LogP contribution in [0.3, 0.4) is 0 Å². The fourth-order valence-electron chi connectivity index (χ4n) is 3.05. The fourth-order valence-corrected chi connectivity index (χ4v) is 3.05. The summed E-state index contributed by atoms with van der Waals surface area (Å²) in [5.74, 6) is -7.37. The molecule has 15 nitrogen and oxygen atoms in total. The van der Waals surface area contributed by atoms with E-state index in [0.29, 0.717) is 6.42 Å². The molecule has 0 heterocycles. The molecule has 9 N–H and O–H groups in total. The van der Waals surface area contributed by atoms with Crippen LogP contribution >= 0.6 is 0 Å². The Hall–Kier alpha value is -5.64. The minimum Gasteiger partial charge on any atom is -0.478 e. The first kappa shape index (κ1) is 39.4. The molecule has 0 saturated heterocycles. The third kappa shape index (κ3) is 12.6. The van der Waals surface area contributed by atoms with Crippen molar-refractivity contribution in [3.05, 3.63) is 106 Å². The Labute approximate surface area is 255 Å². The molecule has 15 heteroatoms. The van der Waals surface area contributed by atoms with E-state index >= 15 is 0 Å². The molecule has 0 spiro atoms. The smallest absolute Gasteiger partial charge is 0.336 e. The van der Waals surface area contributed by atoms with Crippen LogP contribution in [0.15, 0.2) is 72.8 Å². The normalized spacial score (nSPS) is 9.87. The van der Waals surface area contributed by atoms with Crippen LogP contribution < -0.4 is 0 Å². The molecule has 0 aliphatic carbocycles. The molecule has 242 valence electrons. The maximum Gasteiger partial charge on any atom is 0.336 e. The van der Waals surface area contributed by atoms with Crippen molar-refractivity contribution < 1.29 is 74.7 Å². The summed E-state index contributed by atoms with van der Waals surface area (Å²) in [6.07, 6.45) is 0.594. The summed E-state index contributed by atoms with van der Waals surface area (Å²) in [7, 11) is 0. The average Bonchev–Trinajstić information content (AvgIpc) is 3.03. The van der Waals surface area contributed by atoms with E-state index in [1.54, 1.807) is 0 Å². The molecule has 3 aromatic carbocycles. The van der Waals surface area contributed by atoms with Crippen molar-refractivity contribution in [1.29, 1.82) is 0 Å². The predicted molar refractivity (Wildman–Crippen MR) is 155 cm³/mol. The third-order valence-corrected chi connectivity index (χ3v) is 5.92. The van der Waals surface area contributed by atoms with Crippen LogP contribution in [0.25, 0.3) is 0 Å². The zero-order valence-corrected chi connectivity index (χ0v) is 23.7. The largest absolute Gasteiger partial charge is 0.478 e. The highest BCUT2D eigenvalue weighted by Crippen LogP contribution is 2.18. The Bertz CT molecular complexity index is 1200.